The fourth-order valence-corrected chi connectivity index (χ4v) is 4.13. The van der Waals surface area contributed by atoms with Crippen LogP contribution in [0.2, 0.25) is 0 Å². The lowest BCUT2D eigenvalue weighted by atomic mass is 10.1. The van der Waals surface area contributed by atoms with Crippen LogP contribution in [0.25, 0.3) is 21.7 Å². The maximum absolute atomic E-state index is 13.3. The van der Waals surface area contributed by atoms with Crippen molar-refractivity contribution >= 4 is 39.4 Å². The van der Waals surface area contributed by atoms with E-state index in [1.165, 1.54) is 4.57 Å². The van der Waals surface area contributed by atoms with Gasteiger partial charge < -0.3 is 15.5 Å². The summed E-state index contributed by atoms with van der Waals surface area (Å²) in [4.78, 5) is 38.8. The van der Waals surface area contributed by atoms with E-state index in [0.717, 1.165) is 42.5 Å². The Morgan fingerprint density at radius 3 is 2.34 bits per heavy atom. The smallest absolute Gasteiger partial charge is 0.281 e. The second-order valence-electron chi connectivity index (χ2n) is 8.24. The Hall–Kier alpha value is -3.78. The normalized spacial score (nSPS) is 14.8. The number of carbonyl (C=O) groups is 2. The van der Waals surface area contributed by atoms with E-state index in [1.54, 1.807) is 18.5 Å². The molecule has 0 aliphatic carbocycles. The molecule has 4 aromatic rings. The van der Waals surface area contributed by atoms with Crippen molar-refractivity contribution in [3.05, 3.63) is 66.1 Å². The summed E-state index contributed by atoms with van der Waals surface area (Å²) in [6, 6.07) is 13.3. The molecule has 32 heavy (non-hydrogen) atoms. The van der Waals surface area contributed by atoms with Gasteiger partial charge in [-0.15, -0.1) is 0 Å². The van der Waals surface area contributed by atoms with Gasteiger partial charge in [0, 0.05) is 44.0 Å². The first-order valence-corrected chi connectivity index (χ1v) is 10.6. The zero-order valence-corrected chi connectivity index (χ0v) is 17.9. The van der Waals surface area contributed by atoms with Crippen molar-refractivity contribution in [1.29, 1.82) is 0 Å². The van der Waals surface area contributed by atoms with E-state index in [9.17, 15) is 9.59 Å². The lowest BCUT2D eigenvalue weighted by Gasteiger charge is -2.32. The Labute approximate surface area is 185 Å². The topological polar surface area (TPSA) is 97.3 Å². The van der Waals surface area contributed by atoms with Crippen LogP contribution in [0.5, 0.6) is 0 Å². The highest BCUT2D eigenvalue weighted by molar-refractivity contribution is 6.07. The summed E-state index contributed by atoms with van der Waals surface area (Å²) in [5.41, 5.74) is 7.52. The van der Waals surface area contributed by atoms with E-state index in [0.29, 0.717) is 10.9 Å². The van der Waals surface area contributed by atoms with Gasteiger partial charge in [-0.25, -0.2) is 9.97 Å². The van der Waals surface area contributed by atoms with E-state index in [2.05, 4.69) is 21.9 Å². The van der Waals surface area contributed by atoms with E-state index >= 15 is 0 Å². The van der Waals surface area contributed by atoms with E-state index in [-0.39, 0.29) is 29.9 Å². The van der Waals surface area contributed by atoms with Crippen LogP contribution in [0.3, 0.4) is 0 Å². The molecule has 0 spiro atoms. The van der Waals surface area contributed by atoms with Gasteiger partial charge in [0.2, 0.25) is 11.9 Å². The highest BCUT2D eigenvalue weighted by Crippen LogP contribution is 2.22. The van der Waals surface area contributed by atoms with Gasteiger partial charge >= 0.3 is 0 Å². The van der Waals surface area contributed by atoms with Crippen molar-refractivity contribution in [2.45, 2.75) is 6.42 Å². The molecule has 2 N–H and O–H groups in total. The third-order valence-corrected chi connectivity index (χ3v) is 5.98. The number of benzene rings is 2. The Morgan fingerprint density at radius 1 is 0.969 bits per heavy atom. The summed E-state index contributed by atoms with van der Waals surface area (Å²) in [6.07, 6.45) is 3.83. The summed E-state index contributed by atoms with van der Waals surface area (Å²) in [7, 11) is 2.06. The number of fused-ring (bicyclic) bond motifs is 2. The van der Waals surface area contributed by atoms with Crippen molar-refractivity contribution in [1.82, 2.24) is 24.3 Å². The molecule has 162 valence electrons. The second-order valence-corrected chi connectivity index (χ2v) is 8.24. The van der Waals surface area contributed by atoms with Gasteiger partial charge in [0.05, 0.1) is 11.9 Å². The first-order chi connectivity index (χ1) is 15.5. The molecule has 3 heterocycles. The first-order valence-electron chi connectivity index (χ1n) is 10.6. The van der Waals surface area contributed by atoms with Crippen molar-refractivity contribution in [3.63, 3.8) is 0 Å². The quantitative estimate of drug-likeness (QED) is 0.537. The molecule has 0 saturated carbocycles. The Morgan fingerprint density at radius 2 is 1.66 bits per heavy atom. The maximum Gasteiger partial charge on any atom is 0.281 e. The van der Waals surface area contributed by atoms with Crippen LogP contribution in [-0.4, -0.2) is 69.4 Å². The third kappa shape index (κ3) is 3.80. The molecule has 1 aliphatic heterocycles. The van der Waals surface area contributed by atoms with Crippen molar-refractivity contribution < 1.29 is 9.59 Å². The molecule has 0 unspecified atom stereocenters. The SMILES string of the molecule is CN1CCN(C(=O)Cc2ccc3nc(N)nc(C(=O)n4cc5ccccc5c4)c3c2)CC1. The van der Waals surface area contributed by atoms with Gasteiger partial charge in [0.25, 0.3) is 5.91 Å². The molecule has 2 aromatic heterocycles. The zero-order chi connectivity index (χ0) is 22.2. The average Bonchev–Trinajstić information content (AvgIpc) is 3.23. The third-order valence-electron chi connectivity index (χ3n) is 5.98. The summed E-state index contributed by atoms with van der Waals surface area (Å²) in [5.74, 6) is -0.167. The number of likely N-dealkylation sites (N-methyl/N-ethyl adjacent to an activating group) is 1. The molecule has 1 amide bonds. The number of hydrogen-bond donors (Lipinski definition) is 1. The summed E-state index contributed by atoms with van der Waals surface area (Å²) in [5, 5.41) is 2.52. The minimum absolute atomic E-state index is 0.0406. The minimum atomic E-state index is -0.289. The highest BCUT2D eigenvalue weighted by atomic mass is 16.2. The zero-order valence-electron chi connectivity index (χ0n) is 17.9. The van der Waals surface area contributed by atoms with Gasteiger partial charge in [-0.3, -0.25) is 14.2 Å². The lowest BCUT2D eigenvalue weighted by molar-refractivity contribution is -0.132. The van der Waals surface area contributed by atoms with Crippen LogP contribution in [0, 0.1) is 0 Å². The maximum atomic E-state index is 13.3. The molecule has 0 atom stereocenters. The Kier molecular flexibility index (Phi) is 5.07. The highest BCUT2D eigenvalue weighted by Gasteiger charge is 2.21. The lowest BCUT2D eigenvalue weighted by Crippen LogP contribution is -2.47. The van der Waals surface area contributed by atoms with Crippen LogP contribution < -0.4 is 5.73 Å². The molecule has 0 bridgehead atoms. The number of hydrogen-bond acceptors (Lipinski definition) is 6. The fourth-order valence-electron chi connectivity index (χ4n) is 4.13. The molecule has 8 nitrogen and oxygen atoms in total. The monoisotopic (exact) mass is 428 g/mol. The number of carbonyl (C=O) groups excluding carboxylic acids is 2. The Bertz CT molecular complexity index is 1300. The number of nitrogens with two attached hydrogens (primary N) is 1. The van der Waals surface area contributed by atoms with Crippen LogP contribution in [-0.2, 0) is 11.2 Å². The van der Waals surface area contributed by atoms with Crippen molar-refractivity contribution in [3.8, 4) is 0 Å². The second kappa shape index (κ2) is 8.05. The van der Waals surface area contributed by atoms with Crippen molar-refractivity contribution in [2.24, 2.45) is 0 Å². The average molecular weight is 428 g/mol. The van der Waals surface area contributed by atoms with Gasteiger partial charge in [0.15, 0.2) is 0 Å². The summed E-state index contributed by atoms with van der Waals surface area (Å²) in [6.45, 7) is 3.21. The fraction of sp³-hybridized carbons (Fsp3) is 0.250. The molecule has 8 heteroatoms. The predicted octanol–water partition coefficient (Wildman–Crippen LogP) is 2.17. The number of nitrogen functional groups attached to an aromatic ring is 1. The van der Waals surface area contributed by atoms with Crippen LogP contribution in [0.1, 0.15) is 16.1 Å². The van der Waals surface area contributed by atoms with Crippen LogP contribution in [0.4, 0.5) is 5.95 Å². The van der Waals surface area contributed by atoms with Crippen molar-refractivity contribution in [2.75, 3.05) is 39.0 Å². The largest absolute Gasteiger partial charge is 0.368 e. The van der Waals surface area contributed by atoms with E-state index in [4.69, 9.17) is 5.73 Å². The van der Waals surface area contributed by atoms with E-state index in [1.807, 2.05) is 41.3 Å². The van der Waals surface area contributed by atoms with E-state index < -0.39 is 0 Å². The van der Waals surface area contributed by atoms with Gasteiger partial charge in [-0.2, -0.15) is 0 Å². The summed E-state index contributed by atoms with van der Waals surface area (Å²) >= 11 is 0. The molecular weight excluding hydrogens is 404 g/mol. The predicted molar refractivity (Wildman–Crippen MR) is 123 cm³/mol. The van der Waals surface area contributed by atoms with Gasteiger partial charge in [0.1, 0.15) is 5.69 Å². The van der Waals surface area contributed by atoms with Crippen LogP contribution >= 0.6 is 0 Å². The van der Waals surface area contributed by atoms with Gasteiger partial charge in [-0.05, 0) is 35.5 Å². The Balaban J connectivity index is 1.48. The molecule has 1 saturated heterocycles. The molecule has 0 radical (unpaired) electrons. The molecule has 1 aliphatic rings. The molecule has 2 aromatic carbocycles. The standard InChI is InChI=1S/C24H24N6O2/c1-28-8-10-29(11-9-28)21(31)13-16-6-7-20-19(12-16)22(27-24(25)26-20)23(32)30-14-17-4-2-3-5-18(17)15-30/h2-7,12,14-15H,8-11,13H2,1H3,(H2,25,26,27). The summed E-state index contributed by atoms with van der Waals surface area (Å²) < 4.78 is 1.52. The molecular formula is C24H24N6O2. The number of anilines is 1. The number of amides is 1. The van der Waals surface area contributed by atoms with Gasteiger partial charge in [-0.1, -0.05) is 30.3 Å². The minimum Gasteiger partial charge on any atom is -0.368 e. The molecule has 5 rings (SSSR count). The van der Waals surface area contributed by atoms with Crippen LogP contribution in [0.15, 0.2) is 54.9 Å². The number of nitrogens with zero attached hydrogens (tertiary/aromatic N) is 5. The number of rotatable bonds is 3. The first kappa shape index (κ1) is 20.1. The molecule has 1 fully saturated rings. The number of piperazine rings is 1. The number of aromatic nitrogens is 3.